The summed E-state index contributed by atoms with van der Waals surface area (Å²) in [5.41, 5.74) is -0.0502. The number of piperazine rings is 1. The minimum Gasteiger partial charge on any atom is -0.304 e. The van der Waals surface area contributed by atoms with E-state index in [1.165, 1.54) is 0 Å². The molecular weight excluding hydrogens is 216 g/mol. The van der Waals surface area contributed by atoms with Crippen LogP contribution in [0.15, 0.2) is 0 Å². The Bertz CT molecular complexity index is 358. The second-order valence-electron chi connectivity index (χ2n) is 5.76. The molecule has 0 amide bonds. The lowest BCUT2D eigenvalue weighted by Crippen LogP contribution is -2.44. The Kier molecular flexibility index (Phi) is 3.44. The van der Waals surface area contributed by atoms with Crippen molar-refractivity contribution >= 4 is 0 Å². The van der Waals surface area contributed by atoms with Crippen LogP contribution >= 0.6 is 0 Å². The summed E-state index contributed by atoms with van der Waals surface area (Å²) in [6.07, 6.45) is 0. The quantitative estimate of drug-likeness (QED) is 0.735. The van der Waals surface area contributed by atoms with Crippen LogP contribution in [0.1, 0.15) is 26.6 Å². The fourth-order valence-electron chi connectivity index (χ4n) is 2.03. The van der Waals surface area contributed by atoms with Crippen LogP contribution in [-0.2, 0) is 12.1 Å². The molecule has 0 aliphatic carbocycles. The zero-order valence-corrected chi connectivity index (χ0v) is 11.2. The highest BCUT2D eigenvalue weighted by molar-refractivity contribution is 4.88. The maximum absolute atomic E-state index is 4.14. The van der Waals surface area contributed by atoms with Crippen LogP contribution in [0.5, 0.6) is 0 Å². The number of tetrazole rings is 1. The summed E-state index contributed by atoms with van der Waals surface area (Å²) in [7, 11) is 2.16. The molecule has 17 heavy (non-hydrogen) atoms. The maximum Gasteiger partial charge on any atom is 0.165 e. The van der Waals surface area contributed by atoms with Crippen molar-refractivity contribution < 1.29 is 0 Å². The molecule has 0 bridgehead atoms. The minimum absolute atomic E-state index is 0.0502. The van der Waals surface area contributed by atoms with Crippen molar-refractivity contribution in [1.82, 2.24) is 30.0 Å². The predicted molar refractivity (Wildman–Crippen MR) is 65.6 cm³/mol. The van der Waals surface area contributed by atoms with Gasteiger partial charge < -0.3 is 4.90 Å². The number of hydrogen-bond acceptors (Lipinski definition) is 5. The topological polar surface area (TPSA) is 50.1 Å². The smallest absolute Gasteiger partial charge is 0.165 e. The highest BCUT2D eigenvalue weighted by Crippen LogP contribution is 2.14. The molecule has 0 N–H and O–H groups in total. The number of rotatable bonds is 2. The molecule has 1 aromatic heterocycles. The first-order chi connectivity index (χ1) is 7.97. The SMILES string of the molecule is CN1CCN(Cc2nnnn2C(C)(C)C)CC1. The van der Waals surface area contributed by atoms with E-state index >= 15 is 0 Å². The molecule has 1 aliphatic rings. The van der Waals surface area contributed by atoms with E-state index in [9.17, 15) is 0 Å². The van der Waals surface area contributed by atoms with E-state index in [-0.39, 0.29) is 5.54 Å². The van der Waals surface area contributed by atoms with Gasteiger partial charge in [0.1, 0.15) is 0 Å². The first-order valence-electron chi connectivity index (χ1n) is 6.15. The molecule has 1 aliphatic heterocycles. The van der Waals surface area contributed by atoms with Crippen molar-refractivity contribution in [2.75, 3.05) is 33.2 Å². The Hall–Kier alpha value is -1.01. The summed E-state index contributed by atoms with van der Waals surface area (Å²) in [5, 5.41) is 12.0. The summed E-state index contributed by atoms with van der Waals surface area (Å²) in [6.45, 7) is 11.6. The monoisotopic (exact) mass is 238 g/mol. The Morgan fingerprint density at radius 3 is 2.35 bits per heavy atom. The molecule has 96 valence electrons. The standard InChI is InChI=1S/C11H22N6/c1-11(2,3)17-10(12-13-14-17)9-16-7-5-15(4)6-8-16/h5-9H2,1-4H3. The van der Waals surface area contributed by atoms with E-state index in [2.05, 4.69) is 53.1 Å². The summed E-state index contributed by atoms with van der Waals surface area (Å²) >= 11 is 0. The van der Waals surface area contributed by atoms with Crippen LogP contribution in [0.25, 0.3) is 0 Å². The third-order valence-electron chi connectivity index (χ3n) is 3.13. The Balaban J connectivity index is 2.02. The van der Waals surface area contributed by atoms with Crippen LogP contribution in [0.3, 0.4) is 0 Å². The van der Waals surface area contributed by atoms with E-state index in [1.54, 1.807) is 0 Å². The normalized spacial score (nSPS) is 19.8. The summed E-state index contributed by atoms with van der Waals surface area (Å²) in [5.74, 6) is 0.960. The molecule has 0 atom stereocenters. The van der Waals surface area contributed by atoms with Crippen LogP contribution in [-0.4, -0.2) is 63.2 Å². The zero-order valence-electron chi connectivity index (χ0n) is 11.2. The molecule has 1 fully saturated rings. The third kappa shape index (κ3) is 3.01. The molecule has 0 aromatic carbocycles. The average Bonchev–Trinajstić information content (AvgIpc) is 2.69. The van der Waals surface area contributed by atoms with Gasteiger partial charge in [0, 0.05) is 26.2 Å². The fourth-order valence-corrected chi connectivity index (χ4v) is 2.03. The van der Waals surface area contributed by atoms with Gasteiger partial charge in [0.15, 0.2) is 5.82 Å². The van der Waals surface area contributed by atoms with Crippen LogP contribution in [0.2, 0.25) is 0 Å². The Morgan fingerprint density at radius 1 is 1.12 bits per heavy atom. The highest BCUT2D eigenvalue weighted by atomic mass is 15.6. The van der Waals surface area contributed by atoms with Crippen molar-refractivity contribution in [1.29, 1.82) is 0 Å². The van der Waals surface area contributed by atoms with Crippen molar-refractivity contribution in [2.45, 2.75) is 32.9 Å². The molecular formula is C11H22N6. The zero-order chi connectivity index (χ0) is 12.5. The van der Waals surface area contributed by atoms with E-state index in [0.29, 0.717) is 0 Å². The second-order valence-corrected chi connectivity index (χ2v) is 5.76. The van der Waals surface area contributed by atoms with Gasteiger partial charge in [-0.15, -0.1) is 5.10 Å². The van der Waals surface area contributed by atoms with Gasteiger partial charge in [-0.3, -0.25) is 4.90 Å². The number of nitrogens with zero attached hydrogens (tertiary/aromatic N) is 6. The lowest BCUT2D eigenvalue weighted by atomic mass is 10.1. The largest absolute Gasteiger partial charge is 0.304 e. The molecule has 0 unspecified atom stereocenters. The molecule has 0 radical (unpaired) electrons. The van der Waals surface area contributed by atoms with Gasteiger partial charge in [-0.2, -0.15) is 0 Å². The van der Waals surface area contributed by atoms with Gasteiger partial charge >= 0.3 is 0 Å². The third-order valence-corrected chi connectivity index (χ3v) is 3.13. The lowest BCUT2D eigenvalue weighted by Gasteiger charge is -2.32. The minimum atomic E-state index is -0.0502. The van der Waals surface area contributed by atoms with Gasteiger partial charge in [0.2, 0.25) is 0 Å². The molecule has 2 rings (SSSR count). The average molecular weight is 238 g/mol. The van der Waals surface area contributed by atoms with E-state index in [0.717, 1.165) is 38.5 Å². The van der Waals surface area contributed by atoms with Crippen molar-refractivity contribution in [3.05, 3.63) is 5.82 Å². The van der Waals surface area contributed by atoms with Crippen molar-refractivity contribution in [2.24, 2.45) is 0 Å². The molecule has 6 nitrogen and oxygen atoms in total. The first-order valence-corrected chi connectivity index (χ1v) is 6.15. The van der Waals surface area contributed by atoms with E-state index in [1.807, 2.05) is 4.68 Å². The lowest BCUT2D eigenvalue weighted by molar-refractivity contribution is 0.141. The van der Waals surface area contributed by atoms with E-state index in [4.69, 9.17) is 0 Å². The van der Waals surface area contributed by atoms with Crippen molar-refractivity contribution in [3.63, 3.8) is 0 Å². The number of aromatic nitrogens is 4. The van der Waals surface area contributed by atoms with Gasteiger partial charge in [0.25, 0.3) is 0 Å². The second kappa shape index (κ2) is 4.70. The van der Waals surface area contributed by atoms with Crippen molar-refractivity contribution in [3.8, 4) is 0 Å². The number of hydrogen-bond donors (Lipinski definition) is 0. The van der Waals surface area contributed by atoms with Gasteiger partial charge in [-0.25, -0.2) is 4.68 Å². The molecule has 1 saturated heterocycles. The predicted octanol–water partition coefficient (Wildman–Crippen LogP) is 0.175. The Morgan fingerprint density at radius 2 is 1.76 bits per heavy atom. The first kappa shape index (κ1) is 12.4. The van der Waals surface area contributed by atoms with E-state index < -0.39 is 0 Å². The fraction of sp³-hybridized carbons (Fsp3) is 0.909. The Labute approximate surface area is 103 Å². The van der Waals surface area contributed by atoms with Gasteiger partial charge in [0.05, 0.1) is 12.1 Å². The van der Waals surface area contributed by atoms with Gasteiger partial charge in [-0.1, -0.05) is 0 Å². The summed E-state index contributed by atoms with van der Waals surface area (Å²) in [4.78, 5) is 4.76. The van der Waals surface area contributed by atoms with Gasteiger partial charge in [-0.05, 0) is 38.2 Å². The molecule has 2 heterocycles. The highest BCUT2D eigenvalue weighted by Gasteiger charge is 2.22. The molecule has 1 aromatic rings. The van der Waals surface area contributed by atoms with Crippen LogP contribution < -0.4 is 0 Å². The van der Waals surface area contributed by atoms with Crippen LogP contribution in [0.4, 0.5) is 0 Å². The summed E-state index contributed by atoms with van der Waals surface area (Å²) in [6, 6.07) is 0. The molecule has 0 spiro atoms. The molecule has 6 heteroatoms. The summed E-state index contributed by atoms with van der Waals surface area (Å²) < 4.78 is 1.92. The number of likely N-dealkylation sites (N-methyl/N-ethyl adjacent to an activating group) is 1. The van der Waals surface area contributed by atoms with Crippen LogP contribution in [0, 0.1) is 0 Å². The molecule has 0 saturated carbocycles. The maximum atomic E-state index is 4.14.